The number of nitrogens with one attached hydrogen (secondary N) is 1. The summed E-state index contributed by atoms with van der Waals surface area (Å²) in [6.07, 6.45) is 4.76. The summed E-state index contributed by atoms with van der Waals surface area (Å²) in [6.45, 7) is 10.8. The Morgan fingerprint density at radius 2 is 1.75 bits per heavy atom. The van der Waals surface area contributed by atoms with Crippen LogP contribution in [0.4, 0.5) is 0 Å². The van der Waals surface area contributed by atoms with Crippen LogP contribution in [0.5, 0.6) is 5.75 Å². The molecule has 1 aromatic rings. The maximum absolute atomic E-state index is 5.80. The van der Waals surface area contributed by atoms with Gasteiger partial charge in [0.15, 0.2) is 0 Å². The largest absolute Gasteiger partial charge is 0.494 e. The molecule has 1 N–H and O–H groups in total. The first-order chi connectivity index (χ1) is 9.67. The minimum atomic E-state index is 0.620. The van der Waals surface area contributed by atoms with E-state index in [1.165, 1.54) is 24.8 Å². The second-order valence-corrected chi connectivity index (χ2v) is 5.68. The highest BCUT2D eigenvalue weighted by molar-refractivity contribution is 5.29. The summed E-state index contributed by atoms with van der Waals surface area (Å²) < 4.78 is 5.80. The number of hydrogen-bond donors (Lipinski definition) is 1. The smallest absolute Gasteiger partial charge is 0.119 e. The molecule has 0 spiro atoms. The minimum absolute atomic E-state index is 0.620. The maximum Gasteiger partial charge on any atom is 0.119 e. The molecular weight excluding hydrogens is 246 g/mol. The third kappa shape index (κ3) is 6.42. The molecule has 0 aromatic heterocycles. The van der Waals surface area contributed by atoms with Crippen LogP contribution >= 0.6 is 0 Å². The minimum Gasteiger partial charge on any atom is -0.494 e. The highest BCUT2D eigenvalue weighted by atomic mass is 16.5. The van der Waals surface area contributed by atoms with Crippen molar-refractivity contribution >= 4 is 0 Å². The molecule has 0 fully saturated rings. The summed E-state index contributed by atoms with van der Waals surface area (Å²) in [5, 5.41) is 3.44. The molecule has 2 nitrogen and oxygen atoms in total. The fraction of sp³-hybridized carbons (Fsp3) is 0.667. The zero-order valence-electron chi connectivity index (χ0n) is 13.6. The van der Waals surface area contributed by atoms with Crippen molar-refractivity contribution in [3.8, 4) is 5.75 Å². The molecule has 20 heavy (non-hydrogen) atoms. The molecule has 1 rings (SSSR count). The summed E-state index contributed by atoms with van der Waals surface area (Å²) >= 11 is 0. The third-order valence-electron chi connectivity index (χ3n) is 3.91. The molecule has 0 bridgehead atoms. The van der Waals surface area contributed by atoms with Gasteiger partial charge >= 0.3 is 0 Å². The number of ether oxygens (including phenoxy) is 1. The quantitative estimate of drug-likeness (QED) is 0.623. The van der Waals surface area contributed by atoms with E-state index in [9.17, 15) is 0 Å². The van der Waals surface area contributed by atoms with Crippen LogP contribution in [0.2, 0.25) is 0 Å². The lowest BCUT2D eigenvalue weighted by atomic mass is 9.99. The second kappa shape index (κ2) is 9.82. The molecule has 0 aliphatic carbocycles. The first kappa shape index (κ1) is 17.0. The van der Waals surface area contributed by atoms with E-state index in [1.54, 1.807) is 0 Å². The normalized spacial score (nSPS) is 14.0. The lowest BCUT2D eigenvalue weighted by Crippen LogP contribution is -2.25. The zero-order valence-corrected chi connectivity index (χ0v) is 13.6. The number of unbranched alkanes of at least 4 members (excludes halogenated alkanes) is 1. The van der Waals surface area contributed by atoms with Gasteiger partial charge in [-0.05, 0) is 62.8 Å². The molecule has 1 aromatic carbocycles. The van der Waals surface area contributed by atoms with Gasteiger partial charge in [-0.25, -0.2) is 0 Å². The summed E-state index contributed by atoms with van der Waals surface area (Å²) in [4.78, 5) is 0. The van der Waals surface area contributed by atoms with Gasteiger partial charge in [0.1, 0.15) is 5.75 Å². The second-order valence-electron chi connectivity index (χ2n) is 5.68. The Morgan fingerprint density at radius 1 is 1.05 bits per heavy atom. The number of rotatable bonds is 10. The summed E-state index contributed by atoms with van der Waals surface area (Å²) in [5.74, 6) is 1.63. The Morgan fingerprint density at radius 3 is 2.35 bits per heavy atom. The van der Waals surface area contributed by atoms with Crippen LogP contribution in [0.3, 0.4) is 0 Å². The summed E-state index contributed by atoms with van der Waals surface area (Å²) in [5.41, 5.74) is 1.40. The van der Waals surface area contributed by atoms with E-state index in [0.29, 0.717) is 12.0 Å². The molecule has 114 valence electrons. The molecule has 0 heterocycles. The molecule has 0 aliphatic rings. The Bertz CT molecular complexity index is 347. The van der Waals surface area contributed by atoms with Crippen molar-refractivity contribution in [2.24, 2.45) is 0 Å². The molecule has 2 atom stereocenters. The van der Waals surface area contributed by atoms with Crippen LogP contribution in [0.25, 0.3) is 0 Å². The number of benzene rings is 1. The van der Waals surface area contributed by atoms with Gasteiger partial charge in [-0.1, -0.05) is 32.9 Å². The van der Waals surface area contributed by atoms with Crippen molar-refractivity contribution < 1.29 is 4.74 Å². The van der Waals surface area contributed by atoms with E-state index in [0.717, 1.165) is 25.3 Å². The van der Waals surface area contributed by atoms with Crippen molar-refractivity contribution in [2.45, 2.75) is 65.3 Å². The molecule has 0 saturated carbocycles. The molecule has 0 radical (unpaired) electrons. The van der Waals surface area contributed by atoms with E-state index in [1.807, 2.05) is 0 Å². The SMILES string of the molecule is CCNC(C)CCCCOc1ccc(C(C)CC)cc1. The van der Waals surface area contributed by atoms with Crippen LogP contribution in [0.1, 0.15) is 64.9 Å². The maximum atomic E-state index is 5.80. The van der Waals surface area contributed by atoms with Crippen LogP contribution in [-0.2, 0) is 0 Å². The lowest BCUT2D eigenvalue weighted by Gasteiger charge is -2.12. The highest BCUT2D eigenvalue weighted by Gasteiger charge is 2.03. The standard InChI is InChI=1S/C18H31NO/c1-5-15(3)17-10-12-18(13-11-17)20-14-8-7-9-16(4)19-6-2/h10-13,15-16,19H,5-9,14H2,1-4H3. The van der Waals surface area contributed by atoms with Crippen LogP contribution in [0.15, 0.2) is 24.3 Å². The molecule has 0 amide bonds. The van der Waals surface area contributed by atoms with Crippen molar-refractivity contribution in [1.82, 2.24) is 5.32 Å². The fourth-order valence-corrected chi connectivity index (χ4v) is 2.32. The molecule has 2 unspecified atom stereocenters. The topological polar surface area (TPSA) is 21.3 Å². The van der Waals surface area contributed by atoms with E-state index in [4.69, 9.17) is 4.74 Å². The molecular formula is C18H31NO. The van der Waals surface area contributed by atoms with Gasteiger partial charge in [0.2, 0.25) is 0 Å². The Kier molecular flexibility index (Phi) is 8.36. The Labute approximate surface area is 124 Å². The van der Waals surface area contributed by atoms with Crippen molar-refractivity contribution in [3.05, 3.63) is 29.8 Å². The summed E-state index contributed by atoms with van der Waals surface area (Å²) in [6, 6.07) is 9.20. The monoisotopic (exact) mass is 277 g/mol. The van der Waals surface area contributed by atoms with E-state index < -0.39 is 0 Å². The first-order valence-corrected chi connectivity index (χ1v) is 8.13. The van der Waals surface area contributed by atoms with Gasteiger partial charge < -0.3 is 10.1 Å². The van der Waals surface area contributed by atoms with Crippen molar-refractivity contribution in [3.63, 3.8) is 0 Å². The van der Waals surface area contributed by atoms with E-state index in [2.05, 4.69) is 57.3 Å². The highest BCUT2D eigenvalue weighted by Crippen LogP contribution is 2.21. The molecule has 2 heteroatoms. The van der Waals surface area contributed by atoms with E-state index >= 15 is 0 Å². The first-order valence-electron chi connectivity index (χ1n) is 8.13. The van der Waals surface area contributed by atoms with Crippen LogP contribution in [-0.4, -0.2) is 19.2 Å². The van der Waals surface area contributed by atoms with Crippen molar-refractivity contribution in [2.75, 3.05) is 13.2 Å². The van der Waals surface area contributed by atoms with Gasteiger partial charge in [0.05, 0.1) is 6.61 Å². The predicted molar refractivity (Wildman–Crippen MR) is 87.6 cm³/mol. The average molecular weight is 277 g/mol. The van der Waals surface area contributed by atoms with Crippen LogP contribution in [0, 0.1) is 0 Å². The lowest BCUT2D eigenvalue weighted by molar-refractivity contribution is 0.301. The zero-order chi connectivity index (χ0) is 14.8. The van der Waals surface area contributed by atoms with Crippen LogP contribution < -0.4 is 10.1 Å². The van der Waals surface area contributed by atoms with Gasteiger partial charge in [0.25, 0.3) is 0 Å². The average Bonchev–Trinajstić information content (AvgIpc) is 2.47. The van der Waals surface area contributed by atoms with Gasteiger partial charge in [-0.15, -0.1) is 0 Å². The van der Waals surface area contributed by atoms with Crippen molar-refractivity contribution in [1.29, 1.82) is 0 Å². The molecule has 0 saturated heterocycles. The molecule has 0 aliphatic heterocycles. The summed E-state index contributed by atoms with van der Waals surface area (Å²) in [7, 11) is 0. The van der Waals surface area contributed by atoms with E-state index in [-0.39, 0.29) is 0 Å². The fourth-order valence-electron chi connectivity index (χ4n) is 2.32. The Balaban J connectivity index is 2.19. The van der Waals surface area contributed by atoms with Gasteiger partial charge in [-0.2, -0.15) is 0 Å². The third-order valence-corrected chi connectivity index (χ3v) is 3.91. The van der Waals surface area contributed by atoms with Gasteiger partial charge in [0, 0.05) is 6.04 Å². The van der Waals surface area contributed by atoms with Gasteiger partial charge in [-0.3, -0.25) is 0 Å². The number of hydrogen-bond acceptors (Lipinski definition) is 2. The predicted octanol–water partition coefficient (Wildman–Crippen LogP) is 4.75. The Hall–Kier alpha value is -1.02.